The van der Waals surface area contributed by atoms with Gasteiger partial charge in [-0.3, -0.25) is 9.78 Å². The number of aromatic nitrogens is 4. The Bertz CT molecular complexity index is 959. The number of rotatable bonds is 11. The van der Waals surface area contributed by atoms with E-state index in [0.29, 0.717) is 41.9 Å². The predicted molar refractivity (Wildman–Crippen MR) is 118 cm³/mol. The number of hydrogen-bond acceptors (Lipinski definition) is 7. The number of anilines is 3. The van der Waals surface area contributed by atoms with Crippen molar-refractivity contribution in [3.63, 3.8) is 0 Å². The number of nitrogens with one attached hydrogen (secondary N) is 3. The Morgan fingerprint density at radius 1 is 1.27 bits per heavy atom. The lowest BCUT2D eigenvalue weighted by Crippen LogP contribution is -2.21. The van der Waals surface area contributed by atoms with Crippen LogP contribution in [0.15, 0.2) is 36.8 Å². The van der Waals surface area contributed by atoms with Gasteiger partial charge in [-0.05, 0) is 31.4 Å². The van der Waals surface area contributed by atoms with Crippen LogP contribution in [0.5, 0.6) is 0 Å². The first-order valence-electron chi connectivity index (χ1n) is 10.4. The molecule has 3 rings (SSSR count). The third-order valence-electron chi connectivity index (χ3n) is 4.77. The molecule has 1 atom stereocenters. The van der Waals surface area contributed by atoms with Gasteiger partial charge in [0, 0.05) is 43.3 Å². The van der Waals surface area contributed by atoms with Crippen molar-refractivity contribution in [1.82, 2.24) is 19.6 Å². The van der Waals surface area contributed by atoms with Crippen LogP contribution in [0, 0.1) is 0 Å². The van der Waals surface area contributed by atoms with Crippen molar-refractivity contribution < 1.29 is 9.90 Å². The van der Waals surface area contributed by atoms with Gasteiger partial charge in [-0.2, -0.15) is 0 Å². The minimum Gasteiger partial charge on any atom is -0.396 e. The predicted octanol–water partition coefficient (Wildman–Crippen LogP) is 3.16. The average molecular weight is 412 g/mol. The van der Waals surface area contributed by atoms with Crippen LogP contribution in [-0.4, -0.2) is 49.8 Å². The van der Waals surface area contributed by atoms with Crippen LogP contribution in [0.1, 0.15) is 50.0 Å². The highest BCUT2D eigenvalue weighted by atomic mass is 16.3. The van der Waals surface area contributed by atoms with Gasteiger partial charge in [0.05, 0.1) is 11.9 Å². The lowest BCUT2D eigenvalue weighted by atomic mass is 10.1. The van der Waals surface area contributed by atoms with Crippen LogP contribution < -0.4 is 16.0 Å². The third kappa shape index (κ3) is 5.24. The molecule has 0 fully saturated rings. The quantitative estimate of drug-likeness (QED) is 0.358. The molecule has 160 valence electrons. The Balaban J connectivity index is 1.94. The minimum absolute atomic E-state index is 0.0991. The summed E-state index contributed by atoms with van der Waals surface area (Å²) in [5, 5.41) is 23.3. The van der Waals surface area contributed by atoms with Crippen molar-refractivity contribution >= 4 is 28.7 Å². The van der Waals surface area contributed by atoms with Crippen LogP contribution in [-0.2, 0) is 0 Å². The van der Waals surface area contributed by atoms with Gasteiger partial charge in [0.15, 0.2) is 11.3 Å². The van der Waals surface area contributed by atoms with Crippen LogP contribution in [0.25, 0.3) is 5.65 Å². The zero-order valence-corrected chi connectivity index (χ0v) is 17.4. The Hall–Kier alpha value is -3.20. The van der Waals surface area contributed by atoms with E-state index in [2.05, 4.69) is 44.9 Å². The van der Waals surface area contributed by atoms with Crippen molar-refractivity contribution in [3.05, 3.63) is 42.5 Å². The molecule has 0 aromatic carbocycles. The van der Waals surface area contributed by atoms with E-state index in [1.165, 1.54) is 6.20 Å². The Labute approximate surface area is 175 Å². The second-order valence-corrected chi connectivity index (χ2v) is 7.05. The number of carbonyl (C=O) groups is 1. The summed E-state index contributed by atoms with van der Waals surface area (Å²) in [6.45, 7) is 4.98. The Kier molecular flexibility index (Phi) is 7.56. The lowest BCUT2D eigenvalue weighted by Gasteiger charge is -2.18. The number of aliphatic hydroxyl groups excluding tert-OH is 1. The summed E-state index contributed by atoms with van der Waals surface area (Å²) in [6, 6.07) is 5.64. The molecule has 9 nitrogen and oxygen atoms in total. The number of carbonyl (C=O) groups excluding carboxylic acids is 1. The van der Waals surface area contributed by atoms with Gasteiger partial charge < -0.3 is 21.1 Å². The van der Waals surface area contributed by atoms with E-state index in [1.807, 2.05) is 6.07 Å². The number of aliphatic hydroxyl groups is 1. The van der Waals surface area contributed by atoms with E-state index in [4.69, 9.17) is 5.11 Å². The van der Waals surface area contributed by atoms with Crippen molar-refractivity contribution in [2.24, 2.45) is 0 Å². The second kappa shape index (κ2) is 10.5. The molecule has 0 radical (unpaired) electrons. The molecule has 0 saturated heterocycles. The smallest absolute Gasteiger partial charge is 0.276 e. The molecule has 3 heterocycles. The second-order valence-electron chi connectivity index (χ2n) is 7.05. The SMILES string of the molecule is CCCC(CC)Nc1cc(NCCCO)c2ncc(C(=O)Nc3ccncc3)n2n1. The summed E-state index contributed by atoms with van der Waals surface area (Å²) in [5.74, 6) is 0.366. The van der Waals surface area contributed by atoms with Crippen LogP contribution in [0.3, 0.4) is 0 Å². The fourth-order valence-electron chi connectivity index (χ4n) is 3.19. The van der Waals surface area contributed by atoms with E-state index in [9.17, 15) is 4.79 Å². The van der Waals surface area contributed by atoms with Crippen LogP contribution in [0.2, 0.25) is 0 Å². The third-order valence-corrected chi connectivity index (χ3v) is 4.77. The highest BCUT2D eigenvalue weighted by Crippen LogP contribution is 2.22. The molecular formula is C21H29N7O2. The lowest BCUT2D eigenvalue weighted by molar-refractivity contribution is 0.102. The van der Waals surface area contributed by atoms with Crippen LogP contribution in [0.4, 0.5) is 17.2 Å². The first kappa shape index (κ1) is 21.5. The fraction of sp³-hybridized carbons (Fsp3) is 0.429. The zero-order valence-electron chi connectivity index (χ0n) is 17.4. The molecule has 0 spiro atoms. The molecule has 0 aliphatic heterocycles. The van der Waals surface area contributed by atoms with Gasteiger partial charge in [0.1, 0.15) is 5.82 Å². The molecule has 0 saturated carbocycles. The molecular weight excluding hydrogens is 382 g/mol. The van der Waals surface area contributed by atoms with E-state index < -0.39 is 0 Å². The summed E-state index contributed by atoms with van der Waals surface area (Å²) < 4.78 is 1.55. The Morgan fingerprint density at radius 3 is 2.77 bits per heavy atom. The maximum atomic E-state index is 12.8. The molecule has 3 aromatic rings. The molecule has 9 heteroatoms. The number of nitrogens with zero attached hydrogens (tertiary/aromatic N) is 4. The molecule has 1 amide bonds. The van der Waals surface area contributed by atoms with Gasteiger partial charge in [0.25, 0.3) is 5.91 Å². The van der Waals surface area contributed by atoms with E-state index in [0.717, 1.165) is 24.9 Å². The van der Waals surface area contributed by atoms with Gasteiger partial charge in [-0.25, -0.2) is 9.50 Å². The molecule has 0 aliphatic rings. The van der Waals surface area contributed by atoms with Crippen LogP contribution >= 0.6 is 0 Å². The van der Waals surface area contributed by atoms with E-state index in [1.54, 1.807) is 29.0 Å². The van der Waals surface area contributed by atoms with Gasteiger partial charge in [-0.15, -0.1) is 5.10 Å². The Morgan fingerprint density at radius 2 is 2.07 bits per heavy atom. The summed E-state index contributed by atoms with van der Waals surface area (Å²) in [4.78, 5) is 21.2. The van der Waals surface area contributed by atoms with Crippen molar-refractivity contribution in [3.8, 4) is 0 Å². The molecule has 4 N–H and O–H groups in total. The molecule has 0 bridgehead atoms. The summed E-state index contributed by atoms with van der Waals surface area (Å²) in [5.41, 5.74) is 2.30. The minimum atomic E-state index is -0.305. The summed E-state index contributed by atoms with van der Waals surface area (Å²) in [7, 11) is 0. The summed E-state index contributed by atoms with van der Waals surface area (Å²) >= 11 is 0. The number of imidazole rings is 1. The number of pyridine rings is 1. The average Bonchev–Trinajstić information content (AvgIpc) is 3.18. The first-order valence-corrected chi connectivity index (χ1v) is 10.4. The first-order chi connectivity index (χ1) is 14.7. The number of fused-ring (bicyclic) bond motifs is 1. The zero-order chi connectivity index (χ0) is 21.3. The maximum absolute atomic E-state index is 12.8. The standard InChI is InChI=1S/C21H29N7O2/c1-3-6-15(4-2)25-19-13-17(23-9-5-12-29)20-24-14-18(28(20)27-19)21(30)26-16-7-10-22-11-8-16/h7-8,10-11,13-15,23,29H,3-6,9,12H2,1-2H3,(H,25,27)(H,22,26,30). The van der Waals surface area contributed by atoms with E-state index in [-0.39, 0.29) is 12.5 Å². The van der Waals surface area contributed by atoms with Crippen molar-refractivity contribution in [1.29, 1.82) is 0 Å². The van der Waals surface area contributed by atoms with Gasteiger partial charge >= 0.3 is 0 Å². The normalized spacial score (nSPS) is 12.0. The maximum Gasteiger partial charge on any atom is 0.276 e. The summed E-state index contributed by atoms with van der Waals surface area (Å²) in [6.07, 6.45) is 8.44. The number of hydrogen-bond donors (Lipinski definition) is 4. The van der Waals surface area contributed by atoms with Gasteiger partial charge in [0.2, 0.25) is 0 Å². The van der Waals surface area contributed by atoms with Crippen molar-refractivity contribution in [2.45, 2.75) is 45.6 Å². The highest BCUT2D eigenvalue weighted by Gasteiger charge is 2.18. The molecule has 30 heavy (non-hydrogen) atoms. The monoisotopic (exact) mass is 411 g/mol. The largest absolute Gasteiger partial charge is 0.396 e. The molecule has 0 aliphatic carbocycles. The fourth-order valence-corrected chi connectivity index (χ4v) is 3.19. The van der Waals surface area contributed by atoms with Gasteiger partial charge in [-0.1, -0.05) is 20.3 Å². The topological polar surface area (TPSA) is 116 Å². The number of amides is 1. The molecule has 3 aromatic heterocycles. The molecule has 1 unspecified atom stereocenters. The van der Waals surface area contributed by atoms with E-state index >= 15 is 0 Å². The highest BCUT2D eigenvalue weighted by molar-refractivity contribution is 6.03. The van der Waals surface area contributed by atoms with Crippen molar-refractivity contribution in [2.75, 3.05) is 29.1 Å².